The van der Waals surface area contributed by atoms with Gasteiger partial charge in [-0.2, -0.15) is 0 Å². The third-order valence-electron chi connectivity index (χ3n) is 3.10. The van der Waals surface area contributed by atoms with E-state index in [1.807, 2.05) is 6.92 Å². The Morgan fingerprint density at radius 1 is 1.45 bits per heavy atom. The molecular weight excluding hydrogens is 306 g/mol. The summed E-state index contributed by atoms with van der Waals surface area (Å²) in [4.78, 5) is 40.5. The molecule has 118 valence electrons. The highest BCUT2D eigenvalue weighted by Gasteiger charge is 2.19. The van der Waals surface area contributed by atoms with Gasteiger partial charge < -0.3 is 10.1 Å². The Morgan fingerprint density at radius 2 is 2.23 bits per heavy atom. The summed E-state index contributed by atoms with van der Waals surface area (Å²) in [6.07, 6.45) is 2.99. The van der Waals surface area contributed by atoms with E-state index in [2.05, 4.69) is 10.3 Å². The fourth-order valence-corrected chi connectivity index (χ4v) is 2.72. The van der Waals surface area contributed by atoms with Crippen LogP contribution in [0, 0.1) is 0 Å². The number of carbonyl (C=O) groups excluding carboxylic acids is 2. The average molecular weight is 323 g/mol. The number of hydrogen-bond acceptors (Lipinski definition) is 6. The number of fused-ring (bicyclic) bond motifs is 1. The number of esters is 1. The number of nitrogens with one attached hydrogen (secondary N) is 1. The van der Waals surface area contributed by atoms with Crippen molar-refractivity contribution < 1.29 is 14.3 Å². The van der Waals surface area contributed by atoms with E-state index in [4.69, 9.17) is 4.74 Å². The van der Waals surface area contributed by atoms with Crippen LogP contribution in [0.2, 0.25) is 0 Å². The molecule has 0 saturated carbocycles. The summed E-state index contributed by atoms with van der Waals surface area (Å²) >= 11 is 1.20. The van der Waals surface area contributed by atoms with E-state index < -0.39 is 11.5 Å². The first kappa shape index (κ1) is 16.2. The van der Waals surface area contributed by atoms with Crippen LogP contribution in [0.15, 0.2) is 16.5 Å². The van der Waals surface area contributed by atoms with Crippen molar-refractivity contribution in [2.24, 2.45) is 0 Å². The van der Waals surface area contributed by atoms with Gasteiger partial charge in [-0.15, -0.1) is 11.3 Å². The second kappa shape index (κ2) is 7.17. The fourth-order valence-electron chi connectivity index (χ4n) is 1.85. The fraction of sp³-hybridized carbons (Fsp3) is 0.429. The number of ether oxygens (including phenoxy) is 1. The minimum atomic E-state index is -0.531. The largest absolute Gasteiger partial charge is 0.462 e. The lowest BCUT2D eigenvalue weighted by Gasteiger charge is -2.05. The van der Waals surface area contributed by atoms with Crippen molar-refractivity contribution in [2.75, 3.05) is 13.7 Å². The van der Waals surface area contributed by atoms with Crippen LogP contribution in [0.1, 0.15) is 30.1 Å². The van der Waals surface area contributed by atoms with Gasteiger partial charge in [0, 0.05) is 12.4 Å². The molecule has 8 heteroatoms. The van der Waals surface area contributed by atoms with Gasteiger partial charge in [0.15, 0.2) is 0 Å². The lowest BCUT2D eigenvalue weighted by molar-refractivity contribution is -0.121. The minimum absolute atomic E-state index is 0.140. The number of carbonyl (C=O) groups is 2. The van der Waals surface area contributed by atoms with Gasteiger partial charge in [-0.05, 0) is 6.42 Å². The van der Waals surface area contributed by atoms with E-state index in [0.29, 0.717) is 11.4 Å². The van der Waals surface area contributed by atoms with Crippen molar-refractivity contribution in [1.82, 2.24) is 14.9 Å². The number of unbranched alkanes of at least 4 members (excludes halogenated alkanes) is 1. The highest BCUT2D eigenvalue weighted by Crippen LogP contribution is 2.21. The molecule has 7 nitrogen and oxygen atoms in total. The van der Waals surface area contributed by atoms with Crippen molar-refractivity contribution in [1.29, 1.82) is 0 Å². The average Bonchev–Trinajstić information content (AvgIpc) is 2.95. The summed E-state index contributed by atoms with van der Waals surface area (Å²) in [6, 6.07) is 0. The monoisotopic (exact) mass is 323 g/mol. The Balaban J connectivity index is 2.36. The summed E-state index contributed by atoms with van der Waals surface area (Å²) in [7, 11) is 1.49. The van der Waals surface area contributed by atoms with Crippen LogP contribution in [-0.4, -0.2) is 35.1 Å². The molecule has 0 saturated heterocycles. The summed E-state index contributed by atoms with van der Waals surface area (Å²) in [5.74, 6) is -0.846. The number of amides is 1. The van der Waals surface area contributed by atoms with E-state index in [9.17, 15) is 14.4 Å². The molecule has 2 heterocycles. The standard InChI is InChI=1S/C14H17N3O4S/c1-3-4-5-21-14(20)9-7-22-12-11(9)13(19)17(8-16-12)6-10(18)15-2/h7-8H,3-6H2,1-2H3,(H,15,18). The molecular formula is C14H17N3O4S. The molecule has 1 N–H and O–H groups in total. The molecule has 2 aromatic heterocycles. The molecule has 0 aliphatic heterocycles. The van der Waals surface area contributed by atoms with Gasteiger partial charge in [0.25, 0.3) is 5.56 Å². The lowest BCUT2D eigenvalue weighted by atomic mass is 10.2. The maximum Gasteiger partial charge on any atom is 0.339 e. The molecule has 1 amide bonds. The van der Waals surface area contributed by atoms with Gasteiger partial charge >= 0.3 is 5.97 Å². The Kier molecular flexibility index (Phi) is 5.26. The van der Waals surface area contributed by atoms with Crippen molar-refractivity contribution in [3.63, 3.8) is 0 Å². The highest BCUT2D eigenvalue weighted by atomic mass is 32.1. The summed E-state index contributed by atoms with van der Waals surface area (Å²) < 4.78 is 6.32. The number of hydrogen-bond donors (Lipinski definition) is 1. The van der Waals surface area contributed by atoms with Gasteiger partial charge in [-0.1, -0.05) is 13.3 Å². The van der Waals surface area contributed by atoms with Crippen LogP contribution in [0.5, 0.6) is 0 Å². The number of thiophene rings is 1. The predicted octanol–water partition coefficient (Wildman–Crippen LogP) is 1.16. The molecule has 0 unspecified atom stereocenters. The SMILES string of the molecule is CCCCOC(=O)c1csc2ncn(CC(=O)NC)c(=O)c12. The molecule has 0 radical (unpaired) electrons. The third kappa shape index (κ3) is 3.33. The zero-order chi connectivity index (χ0) is 16.1. The van der Waals surface area contributed by atoms with E-state index in [-0.39, 0.29) is 23.4 Å². The van der Waals surface area contributed by atoms with Gasteiger partial charge in [0.05, 0.1) is 23.9 Å². The molecule has 0 aromatic carbocycles. The Bertz CT molecular complexity index is 750. The molecule has 22 heavy (non-hydrogen) atoms. The lowest BCUT2D eigenvalue weighted by Crippen LogP contribution is -2.30. The quantitative estimate of drug-likeness (QED) is 0.636. The minimum Gasteiger partial charge on any atom is -0.462 e. The maximum atomic E-state index is 12.4. The van der Waals surface area contributed by atoms with Crippen LogP contribution in [0.4, 0.5) is 0 Å². The Hall–Kier alpha value is -2.22. The first-order valence-electron chi connectivity index (χ1n) is 6.92. The number of rotatable bonds is 6. The smallest absolute Gasteiger partial charge is 0.339 e. The zero-order valence-corrected chi connectivity index (χ0v) is 13.2. The Labute approximate surface area is 130 Å². The molecule has 0 spiro atoms. The molecule has 0 bridgehead atoms. The van der Waals surface area contributed by atoms with E-state index in [0.717, 1.165) is 12.8 Å². The number of nitrogens with zero attached hydrogens (tertiary/aromatic N) is 2. The van der Waals surface area contributed by atoms with Crippen LogP contribution in [-0.2, 0) is 16.1 Å². The van der Waals surface area contributed by atoms with Crippen molar-refractivity contribution in [3.05, 3.63) is 27.6 Å². The molecule has 0 fully saturated rings. The van der Waals surface area contributed by atoms with Crippen LogP contribution < -0.4 is 10.9 Å². The topological polar surface area (TPSA) is 90.3 Å². The van der Waals surface area contributed by atoms with E-state index >= 15 is 0 Å². The first-order valence-corrected chi connectivity index (χ1v) is 7.80. The van der Waals surface area contributed by atoms with E-state index in [1.54, 1.807) is 5.38 Å². The number of aromatic nitrogens is 2. The van der Waals surface area contributed by atoms with Gasteiger partial charge in [-0.3, -0.25) is 14.2 Å². The van der Waals surface area contributed by atoms with Crippen LogP contribution in [0.25, 0.3) is 10.2 Å². The highest BCUT2D eigenvalue weighted by molar-refractivity contribution is 7.17. The van der Waals surface area contributed by atoms with Gasteiger partial charge in [0.2, 0.25) is 5.91 Å². The normalized spacial score (nSPS) is 10.6. The molecule has 2 rings (SSSR count). The second-order valence-electron chi connectivity index (χ2n) is 4.67. The van der Waals surface area contributed by atoms with Crippen molar-refractivity contribution in [3.8, 4) is 0 Å². The second-order valence-corrected chi connectivity index (χ2v) is 5.53. The Morgan fingerprint density at radius 3 is 2.91 bits per heavy atom. The summed E-state index contributed by atoms with van der Waals surface area (Å²) in [5.41, 5.74) is -0.211. The summed E-state index contributed by atoms with van der Waals surface area (Å²) in [5, 5.41) is 4.21. The molecule has 0 aliphatic rings. The van der Waals surface area contributed by atoms with Crippen molar-refractivity contribution in [2.45, 2.75) is 26.3 Å². The predicted molar refractivity (Wildman–Crippen MR) is 83.1 cm³/mol. The van der Waals surface area contributed by atoms with E-state index in [1.165, 1.54) is 29.3 Å². The molecule has 0 aliphatic carbocycles. The summed E-state index contributed by atoms with van der Waals surface area (Å²) in [6.45, 7) is 2.17. The molecule has 0 atom stereocenters. The van der Waals surface area contributed by atoms with Crippen LogP contribution >= 0.6 is 11.3 Å². The molecule has 2 aromatic rings. The van der Waals surface area contributed by atoms with Crippen molar-refractivity contribution >= 4 is 33.4 Å². The maximum absolute atomic E-state index is 12.4. The van der Waals surface area contributed by atoms with Gasteiger partial charge in [0.1, 0.15) is 11.4 Å². The van der Waals surface area contributed by atoms with Gasteiger partial charge in [-0.25, -0.2) is 9.78 Å². The third-order valence-corrected chi connectivity index (χ3v) is 3.99. The zero-order valence-electron chi connectivity index (χ0n) is 12.4. The van der Waals surface area contributed by atoms with Crippen LogP contribution in [0.3, 0.4) is 0 Å². The number of likely N-dealkylation sites (N-methyl/N-ethyl adjacent to an activating group) is 1. The first-order chi connectivity index (χ1) is 10.6.